The van der Waals surface area contributed by atoms with Crippen molar-refractivity contribution in [3.8, 4) is 0 Å². The van der Waals surface area contributed by atoms with Gasteiger partial charge in [-0.3, -0.25) is 0 Å². The minimum atomic E-state index is -4.58. The van der Waals surface area contributed by atoms with E-state index in [-0.39, 0.29) is 4.90 Å². The molecule has 0 aromatic heterocycles. The van der Waals surface area contributed by atoms with E-state index in [1.165, 1.54) is 18.2 Å². The Balaban J connectivity index is 2.91. The van der Waals surface area contributed by atoms with E-state index >= 15 is 0 Å². The number of benzene rings is 1. The van der Waals surface area contributed by atoms with Crippen LogP contribution < -0.4 is 4.90 Å². The molecule has 1 aromatic rings. The summed E-state index contributed by atoms with van der Waals surface area (Å²) in [6, 6.07) is 5.83. The van der Waals surface area contributed by atoms with E-state index in [0.29, 0.717) is 18.1 Å². The lowest BCUT2D eigenvalue weighted by Gasteiger charge is -2.22. The Morgan fingerprint density at radius 2 is 1.85 bits per heavy atom. The average Bonchev–Trinajstić information content (AvgIpc) is 2.43. The van der Waals surface area contributed by atoms with Gasteiger partial charge in [-0.05, 0) is 25.0 Å². The summed E-state index contributed by atoms with van der Waals surface area (Å²) in [5.41, 5.74) is 0.304. The van der Waals surface area contributed by atoms with Gasteiger partial charge in [0.1, 0.15) is 0 Å². The Bertz CT molecular complexity index is 523. The summed E-state index contributed by atoms with van der Waals surface area (Å²) >= 11 is 5.58. The third kappa shape index (κ3) is 4.31. The van der Waals surface area contributed by atoms with Crippen molar-refractivity contribution < 1.29 is 17.2 Å². The van der Waals surface area contributed by atoms with Crippen LogP contribution in [0.3, 0.4) is 0 Å². The summed E-state index contributed by atoms with van der Waals surface area (Å²) < 4.78 is 48.6. The number of sulfone groups is 1. The zero-order valence-electron chi connectivity index (χ0n) is 11.2. The van der Waals surface area contributed by atoms with Crippen molar-refractivity contribution >= 4 is 27.1 Å². The fourth-order valence-electron chi connectivity index (χ4n) is 1.85. The maximum atomic E-state index is 12.7. The first kappa shape index (κ1) is 17.2. The molecular weight excluding hydrogens is 308 g/mol. The van der Waals surface area contributed by atoms with Gasteiger partial charge in [-0.25, -0.2) is 8.42 Å². The molecule has 20 heavy (non-hydrogen) atoms. The van der Waals surface area contributed by atoms with Crippen LogP contribution in [0.1, 0.15) is 19.3 Å². The van der Waals surface area contributed by atoms with E-state index in [1.54, 1.807) is 18.0 Å². The van der Waals surface area contributed by atoms with Crippen LogP contribution in [-0.2, 0) is 9.84 Å². The van der Waals surface area contributed by atoms with Gasteiger partial charge in [0.25, 0.3) is 0 Å². The lowest BCUT2D eigenvalue weighted by atomic mass is 10.2. The Morgan fingerprint density at radius 3 is 2.45 bits per heavy atom. The third-order valence-corrected chi connectivity index (χ3v) is 4.64. The molecule has 114 valence electrons. The summed E-state index contributed by atoms with van der Waals surface area (Å²) in [5, 5.41) is 0. The van der Waals surface area contributed by atoms with Crippen LogP contribution in [0, 0.1) is 0 Å². The lowest BCUT2D eigenvalue weighted by molar-refractivity contribution is 0.235. The number of hydrogen-bond donors (Lipinski definition) is 0. The number of unbranched alkanes of at least 4 members (excludes halogenated alkanes) is 2. The molecule has 0 aliphatic rings. The maximum Gasteiger partial charge on any atom is 0.341 e. The second-order valence-corrected chi connectivity index (χ2v) is 6.71. The fraction of sp³-hybridized carbons (Fsp3) is 0.538. The Morgan fingerprint density at radius 1 is 1.20 bits per heavy atom. The fourth-order valence-corrected chi connectivity index (χ4v) is 3.01. The van der Waals surface area contributed by atoms with Gasteiger partial charge in [0.15, 0.2) is 0 Å². The molecule has 0 radical (unpaired) electrons. The smallest absolute Gasteiger partial charge is 0.341 e. The summed E-state index contributed by atoms with van der Waals surface area (Å²) in [6.07, 6.45) is 2.62. The molecule has 0 aliphatic heterocycles. The largest absolute Gasteiger partial charge is 0.374 e. The van der Waals surface area contributed by atoms with Gasteiger partial charge in [0.2, 0.25) is 9.84 Å². The van der Waals surface area contributed by atoms with Crippen molar-refractivity contribution in [1.82, 2.24) is 0 Å². The quantitative estimate of drug-likeness (QED) is 0.542. The van der Waals surface area contributed by atoms with Crippen molar-refractivity contribution in [3.05, 3.63) is 24.3 Å². The summed E-state index contributed by atoms with van der Waals surface area (Å²) in [7, 11) is -2.89. The van der Waals surface area contributed by atoms with Gasteiger partial charge in [0, 0.05) is 19.5 Å². The zero-order valence-corrected chi connectivity index (χ0v) is 12.8. The second-order valence-electron chi connectivity index (χ2n) is 4.44. The highest BCUT2D eigenvalue weighted by atomic mass is 35.5. The number of rotatable bonds is 8. The van der Waals surface area contributed by atoms with Crippen LogP contribution in [-0.4, -0.2) is 33.6 Å². The van der Waals surface area contributed by atoms with E-state index in [9.17, 15) is 17.2 Å². The normalized spacial score (nSPS) is 11.8. The highest BCUT2D eigenvalue weighted by molar-refractivity contribution is 7.91. The van der Waals surface area contributed by atoms with Crippen molar-refractivity contribution in [2.24, 2.45) is 0 Å². The second kappa shape index (κ2) is 7.78. The molecule has 0 fully saturated rings. The molecule has 1 aromatic carbocycles. The third-order valence-electron chi connectivity index (χ3n) is 2.94. The van der Waals surface area contributed by atoms with Gasteiger partial charge in [-0.15, -0.1) is 11.6 Å². The van der Waals surface area contributed by atoms with E-state index in [0.717, 1.165) is 19.3 Å². The topological polar surface area (TPSA) is 37.4 Å². The number of anilines is 1. The molecule has 0 unspecified atom stereocenters. The van der Waals surface area contributed by atoms with Crippen molar-refractivity contribution in [3.63, 3.8) is 0 Å². The molecule has 7 heteroatoms. The molecule has 0 aliphatic carbocycles. The van der Waals surface area contributed by atoms with Crippen LogP contribution in [0.5, 0.6) is 0 Å². The molecular formula is C13H18ClF2NO2S. The maximum absolute atomic E-state index is 12.7. The van der Waals surface area contributed by atoms with Crippen LogP contribution in [0.2, 0.25) is 0 Å². The molecule has 0 saturated heterocycles. The highest BCUT2D eigenvalue weighted by Gasteiger charge is 2.29. The van der Waals surface area contributed by atoms with E-state index in [2.05, 4.69) is 0 Å². The number of para-hydroxylation sites is 1. The minimum Gasteiger partial charge on any atom is -0.374 e. The predicted octanol–water partition coefficient (Wildman–Crippen LogP) is 3.53. The molecule has 3 nitrogen and oxygen atoms in total. The SMILES string of the molecule is CN(CCCCCCl)c1ccccc1S(=O)(=O)C(F)F. The van der Waals surface area contributed by atoms with Crippen molar-refractivity contribution in [1.29, 1.82) is 0 Å². The number of alkyl halides is 3. The number of halogens is 3. The molecule has 0 bridgehead atoms. The molecule has 0 N–H and O–H groups in total. The van der Waals surface area contributed by atoms with Gasteiger partial charge in [-0.1, -0.05) is 18.6 Å². The first-order valence-corrected chi connectivity index (χ1v) is 8.37. The monoisotopic (exact) mass is 325 g/mol. The molecule has 0 saturated carbocycles. The Kier molecular flexibility index (Phi) is 6.68. The van der Waals surface area contributed by atoms with Crippen molar-refractivity contribution in [2.45, 2.75) is 29.9 Å². The molecule has 0 amide bonds. The van der Waals surface area contributed by atoms with Gasteiger partial charge in [0.05, 0.1) is 10.6 Å². The molecule has 0 atom stereocenters. The lowest BCUT2D eigenvalue weighted by Crippen LogP contribution is -2.22. The first-order chi connectivity index (χ1) is 9.41. The number of hydrogen-bond acceptors (Lipinski definition) is 3. The zero-order chi connectivity index (χ0) is 15.2. The summed E-state index contributed by atoms with van der Waals surface area (Å²) in [6.45, 7) is 0.590. The molecule has 0 heterocycles. The van der Waals surface area contributed by atoms with Crippen LogP contribution in [0.25, 0.3) is 0 Å². The predicted molar refractivity (Wildman–Crippen MR) is 77.5 cm³/mol. The van der Waals surface area contributed by atoms with Crippen LogP contribution >= 0.6 is 11.6 Å². The van der Waals surface area contributed by atoms with E-state index < -0.39 is 15.6 Å². The van der Waals surface area contributed by atoms with Crippen molar-refractivity contribution in [2.75, 3.05) is 24.4 Å². The number of nitrogens with zero attached hydrogens (tertiary/aromatic N) is 1. The standard InChI is InChI=1S/C13H18ClF2NO2S/c1-17(10-6-2-5-9-14)11-7-3-4-8-12(11)20(18,19)13(15)16/h3-4,7-8,13H,2,5-6,9-10H2,1H3. The van der Waals surface area contributed by atoms with Crippen LogP contribution in [0.15, 0.2) is 29.2 Å². The van der Waals surface area contributed by atoms with Gasteiger partial charge < -0.3 is 4.90 Å². The summed E-state index contributed by atoms with van der Waals surface area (Å²) in [4.78, 5) is 1.36. The van der Waals surface area contributed by atoms with Crippen LogP contribution in [0.4, 0.5) is 14.5 Å². The van der Waals surface area contributed by atoms with E-state index in [1.807, 2.05) is 0 Å². The first-order valence-electron chi connectivity index (χ1n) is 6.29. The Hall–Kier alpha value is -0.880. The average molecular weight is 326 g/mol. The van der Waals surface area contributed by atoms with Gasteiger partial charge in [-0.2, -0.15) is 8.78 Å². The van der Waals surface area contributed by atoms with Gasteiger partial charge >= 0.3 is 5.76 Å². The summed E-state index contributed by atoms with van der Waals surface area (Å²) in [5.74, 6) is -2.83. The highest BCUT2D eigenvalue weighted by Crippen LogP contribution is 2.28. The minimum absolute atomic E-state index is 0.304. The Labute approximate surface area is 123 Å². The van der Waals surface area contributed by atoms with E-state index in [4.69, 9.17) is 11.6 Å². The molecule has 0 spiro atoms. The molecule has 1 rings (SSSR count).